The molecule has 2 rings (SSSR count). The van der Waals surface area contributed by atoms with Crippen molar-refractivity contribution in [3.8, 4) is 11.4 Å². The van der Waals surface area contributed by atoms with Crippen molar-refractivity contribution in [3.63, 3.8) is 0 Å². The molecule has 0 spiro atoms. The largest absolute Gasteiger partial charge is 0.494 e. The molecule has 1 heterocycles. The predicted molar refractivity (Wildman–Crippen MR) is 82.9 cm³/mol. The molecule has 0 aliphatic rings. The maximum atomic E-state index is 13.1. The van der Waals surface area contributed by atoms with E-state index in [2.05, 4.69) is 5.10 Å². The molecule has 0 atom stereocenters. The van der Waals surface area contributed by atoms with Gasteiger partial charge in [0.15, 0.2) is 5.75 Å². The van der Waals surface area contributed by atoms with Gasteiger partial charge in [0, 0.05) is 0 Å². The van der Waals surface area contributed by atoms with Gasteiger partial charge in [-0.15, -0.1) is 9.19 Å². The van der Waals surface area contributed by atoms with Crippen molar-refractivity contribution >= 4 is 58.4 Å². The molecule has 0 aliphatic carbocycles. The lowest BCUT2D eigenvalue weighted by Gasteiger charge is -2.08. The van der Waals surface area contributed by atoms with E-state index >= 15 is 0 Å². The van der Waals surface area contributed by atoms with E-state index in [1.54, 1.807) is 0 Å². The number of halogens is 5. The molecule has 0 amide bonds. The second kappa shape index (κ2) is 6.26. The molecular weight excluding hydrogens is 387 g/mol. The summed E-state index contributed by atoms with van der Waals surface area (Å²) >= 11 is 22.5. The first-order valence-corrected chi connectivity index (χ1v) is 7.48. The van der Waals surface area contributed by atoms with Gasteiger partial charge in [0.05, 0.1) is 34.8 Å². The fraction of sp³-hybridized carbons (Fsp3) is 0.200. The van der Waals surface area contributed by atoms with E-state index in [4.69, 9.17) is 51.1 Å². The maximum Gasteiger partial charge on any atom is 0.361 e. The predicted octanol–water partition coefficient (Wildman–Crippen LogP) is 3.90. The van der Waals surface area contributed by atoms with Crippen molar-refractivity contribution in [2.24, 2.45) is 0 Å². The van der Waals surface area contributed by atoms with Crippen LogP contribution >= 0.6 is 58.4 Å². The van der Waals surface area contributed by atoms with Gasteiger partial charge in [-0.1, -0.05) is 46.4 Å². The van der Waals surface area contributed by atoms with Gasteiger partial charge in [-0.3, -0.25) is 0 Å². The average molecular weight is 393 g/mol. The Morgan fingerprint density at radius 3 is 2.38 bits per heavy atom. The van der Waals surface area contributed by atoms with Crippen LogP contribution in [0.25, 0.3) is 5.69 Å². The lowest BCUT2D eigenvalue weighted by molar-refractivity contribution is 0.415. The topological polar surface area (TPSA) is 49.0 Å². The Morgan fingerprint density at radius 2 is 1.90 bits per heavy atom. The van der Waals surface area contributed by atoms with Gasteiger partial charge >= 0.3 is 9.61 Å². The van der Waals surface area contributed by atoms with E-state index in [9.17, 15) is 9.18 Å². The first-order chi connectivity index (χ1) is 9.73. The first kappa shape index (κ1) is 16.8. The summed E-state index contributed by atoms with van der Waals surface area (Å²) in [7, 11) is 1.41. The first-order valence-electron chi connectivity index (χ1n) is 5.19. The Morgan fingerprint density at radius 1 is 1.33 bits per heavy atom. The van der Waals surface area contributed by atoms with Gasteiger partial charge in [-0.2, -0.15) is 4.39 Å². The van der Waals surface area contributed by atoms with E-state index in [1.807, 2.05) is 0 Å². The minimum absolute atomic E-state index is 0.205. The molecule has 11 heteroatoms. The van der Waals surface area contributed by atoms with Gasteiger partial charge < -0.3 is 4.74 Å². The third-order valence-electron chi connectivity index (χ3n) is 2.30. The Bertz CT molecular complexity index is 705. The summed E-state index contributed by atoms with van der Waals surface area (Å²) in [6.45, 7) is 0. The average Bonchev–Trinajstić information content (AvgIpc) is 2.68. The minimum Gasteiger partial charge on any atom is -0.494 e. The molecule has 1 aromatic heterocycles. The number of benzene rings is 1. The number of alkyl halides is 3. The van der Waals surface area contributed by atoms with Crippen LogP contribution in [-0.2, 0) is 0 Å². The van der Waals surface area contributed by atoms with Crippen molar-refractivity contribution in [1.29, 1.82) is 0 Å². The molecule has 2 aromatic rings. The Balaban J connectivity index is 2.47. The van der Waals surface area contributed by atoms with Crippen LogP contribution < -0.4 is 10.4 Å². The summed E-state index contributed by atoms with van der Waals surface area (Å²) in [6, 6.07) is 2.91. The highest BCUT2D eigenvalue weighted by Crippen LogP contribution is 2.36. The van der Waals surface area contributed by atoms with E-state index in [-0.39, 0.29) is 27.7 Å². The minimum atomic E-state index is -2.68. The second-order valence-corrected chi connectivity index (χ2v) is 7.22. The molecule has 21 heavy (non-hydrogen) atoms. The molecule has 0 saturated carbocycles. The van der Waals surface area contributed by atoms with Crippen molar-refractivity contribution < 1.29 is 9.13 Å². The van der Waals surface area contributed by atoms with Crippen LogP contribution in [0.4, 0.5) is 4.39 Å². The van der Waals surface area contributed by atoms with Crippen LogP contribution in [-0.4, -0.2) is 24.8 Å². The molecular formula is C10H6Cl4FN3O2S. The van der Waals surface area contributed by atoms with Crippen LogP contribution in [0.2, 0.25) is 10.0 Å². The molecule has 0 aliphatic heterocycles. The lowest BCUT2D eigenvalue weighted by atomic mass is 10.3. The second-order valence-electron chi connectivity index (χ2n) is 3.64. The third kappa shape index (κ3) is 3.78. The monoisotopic (exact) mass is 391 g/mol. The third-order valence-corrected chi connectivity index (χ3v) is 3.90. The Hall–Kier alpha value is -0.600. The number of hydrogen-bond acceptors (Lipinski definition) is 4. The number of methoxy groups -OCH3 is 1. The molecule has 0 bridgehead atoms. The van der Waals surface area contributed by atoms with Gasteiger partial charge in [0.25, 0.3) is 0 Å². The highest BCUT2D eigenvalue weighted by atomic mass is 35.5. The van der Waals surface area contributed by atoms with Gasteiger partial charge in [0.2, 0.25) is 0 Å². The highest BCUT2D eigenvalue weighted by Gasteiger charge is 2.27. The van der Waals surface area contributed by atoms with Gasteiger partial charge in [0.1, 0.15) is 6.33 Å². The molecule has 0 radical (unpaired) electrons. The molecule has 0 saturated heterocycles. The number of aromatic nitrogens is 3. The van der Waals surface area contributed by atoms with Crippen LogP contribution in [0.3, 0.4) is 0 Å². The van der Waals surface area contributed by atoms with Crippen molar-refractivity contribution in [1.82, 2.24) is 13.8 Å². The van der Waals surface area contributed by atoms with Crippen molar-refractivity contribution in [2.45, 2.75) is 3.92 Å². The molecule has 5 nitrogen and oxygen atoms in total. The summed E-state index contributed by atoms with van der Waals surface area (Å²) in [5.41, 5.74) is -0.350. The fourth-order valence-corrected chi connectivity index (χ4v) is 2.98. The summed E-state index contributed by atoms with van der Waals surface area (Å²) < 4.78 is 17.2. The smallest absolute Gasteiger partial charge is 0.361 e. The number of hydrogen-bond donors (Lipinski definition) is 0. The Kier molecular flexibility index (Phi) is 4.99. The summed E-state index contributed by atoms with van der Waals surface area (Å²) in [5.74, 6) is 0.279. The highest BCUT2D eigenvalue weighted by molar-refractivity contribution is 8.01. The van der Waals surface area contributed by atoms with Crippen molar-refractivity contribution in [2.75, 3.05) is 7.11 Å². The van der Waals surface area contributed by atoms with Crippen LogP contribution in [0.1, 0.15) is 0 Å². The zero-order valence-electron chi connectivity index (χ0n) is 10.2. The van der Waals surface area contributed by atoms with E-state index in [0.29, 0.717) is 9.77 Å². The van der Waals surface area contributed by atoms with E-state index in [1.165, 1.54) is 19.2 Å². The molecule has 114 valence electrons. The summed E-state index contributed by atoms with van der Waals surface area (Å²) in [4.78, 5) is 12.1. The zero-order chi connectivity index (χ0) is 15.8. The maximum absolute atomic E-state index is 13.1. The molecule has 1 aromatic carbocycles. The number of rotatable bonds is 4. The lowest BCUT2D eigenvalue weighted by Crippen LogP contribution is -2.22. The Labute approximate surface area is 142 Å². The zero-order valence-corrected chi connectivity index (χ0v) is 14.0. The molecule has 0 unspecified atom stereocenters. The van der Waals surface area contributed by atoms with E-state index < -0.39 is 9.61 Å². The quantitative estimate of drug-likeness (QED) is 0.740. The van der Waals surface area contributed by atoms with Gasteiger partial charge in [-0.25, -0.2) is 9.36 Å². The summed E-state index contributed by atoms with van der Waals surface area (Å²) in [5, 5.41) is 4.10. The van der Waals surface area contributed by atoms with Crippen LogP contribution in [0, 0.1) is 0 Å². The normalized spacial score (nSPS) is 11.7. The number of nitrogens with zero attached hydrogens (tertiary/aromatic N) is 3. The van der Waals surface area contributed by atoms with Crippen LogP contribution in [0.15, 0.2) is 23.3 Å². The van der Waals surface area contributed by atoms with Crippen molar-refractivity contribution in [3.05, 3.63) is 39.0 Å². The molecule has 0 fully saturated rings. The molecule has 0 N–H and O–H groups in total. The fourth-order valence-electron chi connectivity index (χ4n) is 1.51. The summed E-state index contributed by atoms with van der Waals surface area (Å²) in [6.07, 6.45) is 1.16. The number of ether oxygens (including phenoxy) is 1. The standard InChI is InChI=1S/C10H6Cl4FN3O2S/c1-20-8-6(11)2-5(3-7(8)12)17-4-16-18(9(17)19)21-10(13,14)15/h2-4H,1H3. The van der Waals surface area contributed by atoms with E-state index in [0.717, 1.165) is 10.9 Å². The van der Waals surface area contributed by atoms with Gasteiger partial charge in [-0.05, 0) is 12.1 Å². The van der Waals surface area contributed by atoms with Crippen LogP contribution in [0.5, 0.6) is 5.75 Å². The SMILES string of the molecule is COc1c(Cl)cc(-n2cnn(SC(F)(Cl)Cl)c2=O)cc1Cl.